The summed E-state index contributed by atoms with van der Waals surface area (Å²) in [6, 6.07) is 5.37. The molecule has 1 saturated carbocycles. The van der Waals surface area contributed by atoms with Crippen LogP contribution in [0.2, 0.25) is 0 Å². The molecule has 0 amide bonds. The molecule has 3 heteroatoms. The Hall–Kier alpha value is -1.51. The number of nitrogen functional groups attached to an aromatic ring is 1. The quantitative estimate of drug-likeness (QED) is 0.652. The number of hydrogen-bond donors (Lipinski definition) is 1. The standard InChI is InChI=1S/C16H23NO2/c1-11-13(5-4-6-14(11)17)15(18)19-12-7-9-16(2,3)10-8-12/h4-6,12H,7-10,17H2,1-3H3. The van der Waals surface area contributed by atoms with Crippen molar-refractivity contribution in [3.8, 4) is 0 Å². The average Bonchev–Trinajstić information content (AvgIpc) is 2.35. The number of carbonyl (C=O) groups is 1. The van der Waals surface area contributed by atoms with Gasteiger partial charge in [0.1, 0.15) is 6.10 Å². The van der Waals surface area contributed by atoms with Crippen molar-refractivity contribution in [2.45, 2.75) is 52.6 Å². The van der Waals surface area contributed by atoms with E-state index in [4.69, 9.17) is 10.5 Å². The predicted octanol–water partition coefficient (Wildman–Crippen LogP) is 3.70. The number of ether oxygens (including phenoxy) is 1. The summed E-state index contributed by atoms with van der Waals surface area (Å²) >= 11 is 0. The van der Waals surface area contributed by atoms with Gasteiger partial charge in [0.2, 0.25) is 0 Å². The van der Waals surface area contributed by atoms with Crippen molar-refractivity contribution in [1.29, 1.82) is 0 Å². The Morgan fingerprint density at radius 1 is 1.32 bits per heavy atom. The van der Waals surface area contributed by atoms with E-state index < -0.39 is 0 Å². The van der Waals surface area contributed by atoms with Crippen LogP contribution in [0.1, 0.15) is 55.5 Å². The van der Waals surface area contributed by atoms with E-state index in [0.29, 0.717) is 16.7 Å². The van der Waals surface area contributed by atoms with Gasteiger partial charge in [0, 0.05) is 5.69 Å². The van der Waals surface area contributed by atoms with E-state index in [2.05, 4.69) is 13.8 Å². The Morgan fingerprint density at radius 2 is 1.95 bits per heavy atom. The molecule has 0 radical (unpaired) electrons. The summed E-state index contributed by atoms with van der Waals surface area (Å²) in [5.41, 5.74) is 8.24. The monoisotopic (exact) mass is 261 g/mol. The van der Waals surface area contributed by atoms with Crippen LogP contribution in [0.25, 0.3) is 0 Å². The van der Waals surface area contributed by atoms with Gasteiger partial charge in [-0.3, -0.25) is 0 Å². The second kappa shape index (κ2) is 5.24. The molecule has 0 saturated heterocycles. The summed E-state index contributed by atoms with van der Waals surface area (Å²) in [6.45, 7) is 6.40. The van der Waals surface area contributed by atoms with E-state index in [1.165, 1.54) is 0 Å². The minimum absolute atomic E-state index is 0.0568. The normalized spacial score (nSPS) is 19.1. The van der Waals surface area contributed by atoms with Crippen LogP contribution in [0.5, 0.6) is 0 Å². The van der Waals surface area contributed by atoms with E-state index in [9.17, 15) is 4.79 Å². The molecule has 1 aliphatic carbocycles. The van der Waals surface area contributed by atoms with Gasteiger partial charge in [0.25, 0.3) is 0 Å². The van der Waals surface area contributed by atoms with Crippen molar-refractivity contribution in [3.05, 3.63) is 29.3 Å². The van der Waals surface area contributed by atoms with E-state index in [-0.39, 0.29) is 12.1 Å². The lowest BCUT2D eigenvalue weighted by atomic mass is 9.76. The highest BCUT2D eigenvalue weighted by molar-refractivity contribution is 5.92. The molecule has 0 heterocycles. The van der Waals surface area contributed by atoms with Crippen LogP contribution in [0, 0.1) is 12.3 Å². The molecule has 1 aromatic carbocycles. The maximum absolute atomic E-state index is 12.2. The van der Waals surface area contributed by atoms with Crippen LogP contribution >= 0.6 is 0 Å². The molecule has 1 aromatic rings. The van der Waals surface area contributed by atoms with Gasteiger partial charge in [-0.15, -0.1) is 0 Å². The Labute approximate surface area is 115 Å². The van der Waals surface area contributed by atoms with Gasteiger partial charge in [0.15, 0.2) is 0 Å². The first-order valence-electron chi connectivity index (χ1n) is 6.95. The fourth-order valence-corrected chi connectivity index (χ4v) is 2.58. The first-order chi connectivity index (χ1) is 8.89. The molecule has 0 atom stereocenters. The lowest BCUT2D eigenvalue weighted by Gasteiger charge is -2.33. The third-order valence-corrected chi connectivity index (χ3v) is 4.16. The van der Waals surface area contributed by atoms with Gasteiger partial charge in [-0.2, -0.15) is 0 Å². The largest absolute Gasteiger partial charge is 0.459 e. The van der Waals surface area contributed by atoms with Crippen molar-refractivity contribution in [3.63, 3.8) is 0 Å². The number of benzene rings is 1. The number of nitrogens with two attached hydrogens (primary N) is 1. The summed E-state index contributed by atoms with van der Waals surface area (Å²) in [4.78, 5) is 12.2. The molecule has 0 aromatic heterocycles. The summed E-state index contributed by atoms with van der Waals surface area (Å²) in [7, 11) is 0. The van der Waals surface area contributed by atoms with Gasteiger partial charge in [-0.1, -0.05) is 19.9 Å². The highest BCUT2D eigenvalue weighted by Gasteiger charge is 2.29. The van der Waals surface area contributed by atoms with Crippen molar-refractivity contribution >= 4 is 11.7 Å². The average molecular weight is 261 g/mol. The van der Waals surface area contributed by atoms with Gasteiger partial charge in [-0.05, 0) is 55.7 Å². The third-order valence-electron chi connectivity index (χ3n) is 4.16. The van der Waals surface area contributed by atoms with Gasteiger partial charge < -0.3 is 10.5 Å². The Bertz CT molecular complexity index is 470. The van der Waals surface area contributed by atoms with Crippen LogP contribution in [-0.2, 0) is 4.74 Å². The van der Waals surface area contributed by atoms with Crippen molar-refractivity contribution < 1.29 is 9.53 Å². The van der Waals surface area contributed by atoms with Gasteiger partial charge >= 0.3 is 5.97 Å². The molecule has 2 rings (SSSR count). The summed E-state index contributed by atoms with van der Waals surface area (Å²) in [5.74, 6) is -0.241. The fraction of sp³-hybridized carbons (Fsp3) is 0.562. The zero-order valence-electron chi connectivity index (χ0n) is 12.0. The minimum atomic E-state index is -0.241. The Balaban J connectivity index is 2.00. The van der Waals surface area contributed by atoms with Crippen LogP contribution in [0.3, 0.4) is 0 Å². The van der Waals surface area contributed by atoms with Crippen LogP contribution in [-0.4, -0.2) is 12.1 Å². The van der Waals surface area contributed by atoms with Gasteiger partial charge in [0.05, 0.1) is 5.56 Å². The van der Waals surface area contributed by atoms with Crippen LogP contribution in [0.15, 0.2) is 18.2 Å². The number of anilines is 1. The van der Waals surface area contributed by atoms with E-state index in [0.717, 1.165) is 31.2 Å². The predicted molar refractivity (Wildman–Crippen MR) is 77.0 cm³/mol. The zero-order valence-corrected chi connectivity index (χ0v) is 12.0. The molecule has 0 aliphatic heterocycles. The molecule has 1 aliphatic rings. The fourth-order valence-electron chi connectivity index (χ4n) is 2.58. The van der Waals surface area contributed by atoms with E-state index >= 15 is 0 Å². The zero-order chi connectivity index (χ0) is 14.0. The first kappa shape index (κ1) is 13.9. The second-order valence-electron chi connectivity index (χ2n) is 6.29. The summed E-state index contributed by atoms with van der Waals surface area (Å²) in [6.07, 6.45) is 4.20. The minimum Gasteiger partial charge on any atom is -0.459 e. The molecule has 3 nitrogen and oxygen atoms in total. The molecular formula is C16H23NO2. The van der Waals surface area contributed by atoms with Crippen LogP contribution < -0.4 is 5.73 Å². The lowest BCUT2D eigenvalue weighted by Crippen LogP contribution is -2.28. The molecule has 0 bridgehead atoms. The topological polar surface area (TPSA) is 52.3 Å². The second-order valence-corrected chi connectivity index (χ2v) is 6.29. The molecular weight excluding hydrogens is 238 g/mol. The maximum atomic E-state index is 12.2. The van der Waals surface area contributed by atoms with Crippen LogP contribution in [0.4, 0.5) is 5.69 Å². The summed E-state index contributed by atoms with van der Waals surface area (Å²) < 4.78 is 5.61. The number of rotatable bonds is 2. The van der Waals surface area contributed by atoms with Crippen molar-refractivity contribution in [2.24, 2.45) is 5.41 Å². The number of hydrogen-bond acceptors (Lipinski definition) is 3. The molecule has 1 fully saturated rings. The molecule has 0 unspecified atom stereocenters. The summed E-state index contributed by atoms with van der Waals surface area (Å²) in [5, 5.41) is 0. The number of carbonyl (C=O) groups excluding carboxylic acids is 1. The Kier molecular flexibility index (Phi) is 3.83. The molecule has 19 heavy (non-hydrogen) atoms. The third kappa shape index (κ3) is 3.28. The lowest BCUT2D eigenvalue weighted by molar-refractivity contribution is 0.00944. The van der Waals surface area contributed by atoms with E-state index in [1.54, 1.807) is 18.2 Å². The molecule has 104 valence electrons. The highest BCUT2D eigenvalue weighted by atomic mass is 16.5. The van der Waals surface area contributed by atoms with Gasteiger partial charge in [-0.25, -0.2) is 4.79 Å². The smallest absolute Gasteiger partial charge is 0.338 e. The molecule has 2 N–H and O–H groups in total. The SMILES string of the molecule is Cc1c(N)cccc1C(=O)OC1CCC(C)(C)CC1. The maximum Gasteiger partial charge on any atom is 0.338 e. The van der Waals surface area contributed by atoms with E-state index in [1.807, 2.05) is 6.92 Å². The number of esters is 1. The first-order valence-corrected chi connectivity index (χ1v) is 6.95. The highest BCUT2D eigenvalue weighted by Crippen LogP contribution is 2.36. The van der Waals surface area contributed by atoms with Crippen molar-refractivity contribution in [2.75, 3.05) is 5.73 Å². The molecule has 0 spiro atoms. The Morgan fingerprint density at radius 3 is 2.58 bits per heavy atom. The van der Waals surface area contributed by atoms with Crippen molar-refractivity contribution in [1.82, 2.24) is 0 Å².